The number of hydrogen-bond donors (Lipinski definition) is 2. The van der Waals surface area contributed by atoms with Crippen molar-refractivity contribution in [2.75, 3.05) is 6.61 Å². The van der Waals surface area contributed by atoms with Gasteiger partial charge in [-0.25, -0.2) is 17.9 Å². The molecule has 10 heteroatoms. The fraction of sp³-hybridized carbons (Fsp3) is 0.235. The maximum atomic E-state index is 11.6. The van der Waals surface area contributed by atoms with Crippen LogP contribution < -0.4 is 4.72 Å². The molecule has 0 saturated carbocycles. The summed E-state index contributed by atoms with van der Waals surface area (Å²) in [5, 5.41) is 0. The second kappa shape index (κ2) is 9.49. The van der Waals surface area contributed by atoms with Gasteiger partial charge in [-0.15, -0.1) is 0 Å². The van der Waals surface area contributed by atoms with Gasteiger partial charge in [0, 0.05) is 0 Å². The van der Waals surface area contributed by atoms with E-state index in [9.17, 15) is 21.6 Å². The van der Waals surface area contributed by atoms with Crippen LogP contribution in [0.5, 0.6) is 0 Å². The van der Waals surface area contributed by atoms with Gasteiger partial charge in [-0.3, -0.25) is 4.55 Å². The lowest BCUT2D eigenvalue weighted by atomic mass is 10.2. The smallest absolute Gasteiger partial charge is 0.421 e. The van der Waals surface area contributed by atoms with Crippen molar-refractivity contribution in [3.63, 3.8) is 0 Å². The third-order valence-electron chi connectivity index (χ3n) is 3.14. The van der Waals surface area contributed by atoms with E-state index in [2.05, 4.69) is 4.74 Å². The van der Waals surface area contributed by atoms with E-state index in [1.165, 1.54) is 24.3 Å². The van der Waals surface area contributed by atoms with Crippen molar-refractivity contribution in [3.05, 3.63) is 59.7 Å². The molecule has 2 aromatic rings. The zero-order valence-electron chi connectivity index (χ0n) is 15.0. The van der Waals surface area contributed by atoms with Gasteiger partial charge in [0.25, 0.3) is 20.1 Å². The Balaban J connectivity index is 0.000000289. The second-order valence-electron chi connectivity index (χ2n) is 5.43. The molecule has 2 aromatic carbocycles. The molecule has 0 aliphatic heterocycles. The average molecular weight is 415 g/mol. The normalized spacial score (nSPS) is 11.1. The molecule has 2 N–H and O–H groups in total. The number of nitrogens with one attached hydrogen (secondary N) is 1. The number of carbonyl (C=O) groups is 1. The first-order chi connectivity index (χ1) is 12.5. The Kier molecular flexibility index (Phi) is 7.95. The summed E-state index contributed by atoms with van der Waals surface area (Å²) in [5.74, 6) is 0. The van der Waals surface area contributed by atoms with E-state index in [-0.39, 0.29) is 16.4 Å². The van der Waals surface area contributed by atoms with Gasteiger partial charge in [0.1, 0.15) is 0 Å². The highest BCUT2D eigenvalue weighted by molar-refractivity contribution is 7.90. The summed E-state index contributed by atoms with van der Waals surface area (Å²) in [6.45, 7) is 5.40. The molecule has 0 fully saturated rings. The maximum Gasteiger partial charge on any atom is 0.421 e. The molecule has 27 heavy (non-hydrogen) atoms. The SMILES string of the molecule is CCOC(=O)NS(=O)(=O)c1ccc(C)cc1.Cc1ccc(S(=O)(=O)O)cc1. The van der Waals surface area contributed by atoms with Crippen LogP contribution >= 0.6 is 0 Å². The van der Waals surface area contributed by atoms with Crippen LogP contribution in [0.3, 0.4) is 0 Å². The molecular formula is C17H21NO7S2. The lowest BCUT2D eigenvalue weighted by Gasteiger charge is -2.06. The lowest BCUT2D eigenvalue weighted by molar-refractivity contribution is 0.158. The van der Waals surface area contributed by atoms with Gasteiger partial charge < -0.3 is 4.74 Å². The standard InChI is InChI=1S/C10H13NO4S.C7H8O3S/c1-3-15-10(12)11-16(13,14)9-6-4-8(2)5-7-9;1-6-2-4-7(5-3-6)11(8,9)10/h4-7H,3H2,1-2H3,(H,11,12);2-5H,1H3,(H,8,9,10). The fourth-order valence-corrected chi connectivity index (χ4v) is 3.13. The van der Waals surface area contributed by atoms with E-state index >= 15 is 0 Å². The number of rotatable bonds is 4. The average Bonchev–Trinajstić information content (AvgIpc) is 2.55. The third-order valence-corrected chi connectivity index (χ3v) is 5.34. The van der Waals surface area contributed by atoms with Gasteiger partial charge in [0.15, 0.2) is 0 Å². The van der Waals surface area contributed by atoms with Crippen LogP contribution in [0.2, 0.25) is 0 Å². The van der Waals surface area contributed by atoms with Crippen LogP contribution in [-0.4, -0.2) is 34.1 Å². The number of hydrogen-bond acceptors (Lipinski definition) is 6. The molecule has 0 aromatic heterocycles. The maximum absolute atomic E-state index is 11.6. The monoisotopic (exact) mass is 415 g/mol. The molecule has 2 rings (SSSR count). The van der Waals surface area contributed by atoms with Crippen molar-refractivity contribution >= 4 is 26.2 Å². The van der Waals surface area contributed by atoms with Gasteiger partial charge in [0.05, 0.1) is 16.4 Å². The first kappa shape index (κ1) is 22.6. The Morgan fingerprint density at radius 2 is 1.30 bits per heavy atom. The van der Waals surface area contributed by atoms with Crippen molar-refractivity contribution in [2.45, 2.75) is 30.6 Å². The van der Waals surface area contributed by atoms with Crippen molar-refractivity contribution < 1.29 is 30.9 Å². The van der Waals surface area contributed by atoms with E-state index in [0.29, 0.717) is 0 Å². The van der Waals surface area contributed by atoms with Crippen LogP contribution in [0.1, 0.15) is 18.1 Å². The van der Waals surface area contributed by atoms with Gasteiger partial charge in [0.2, 0.25) is 0 Å². The van der Waals surface area contributed by atoms with Gasteiger partial charge in [-0.1, -0.05) is 35.4 Å². The first-order valence-electron chi connectivity index (χ1n) is 7.76. The number of benzene rings is 2. The number of sulfonamides is 1. The summed E-state index contributed by atoms with van der Waals surface area (Å²) in [6.07, 6.45) is -0.969. The zero-order valence-corrected chi connectivity index (χ0v) is 16.7. The fourth-order valence-electron chi connectivity index (χ4n) is 1.76. The summed E-state index contributed by atoms with van der Waals surface area (Å²) >= 11 is 0. The van der Waals surface area contributed by atoms with Crippen molar-refractivity contribution in [1.29, 1.82) is 0 Å². The zero-order chi connectivity index (χ0) is 20.7. The number of carbonyl (C=O) groups excluding carboxylic acids is 1. The summed E-state index contributed by atoms with van der Waals surface area (Å²) < 4.78 is 59.1. The molecule has 0 bridgehead atoms. The Hall–Kier alpha value is -2.43. The minimum absolute atomic E-state index is 0.0335. The van der Waals surface area contributed by atoms with E-state index in [1.807, 2.05) is 13.8 Å². The molecular weight excluding hydrogens is 394 g/mol. The van der Waals surface area contributed by atoms with Crippen LogP contribution in [0.15, 0.2) is 58.3 Å². The van der Waals surface area contributed by atoms with Crippen molar-refractivity contribution in [2.24, 2.45) is 0 Å². The highest BCUT2D eigenvalue weighted by Gasteiger charge is 2.17. The van der Waals surface area contributed by atoms with Gasteiger partial charge >= 0.3 is 6.09 Å². The minimum Gasteiger partial charge on any atom is -0.449 e. The molecule has 0 aliphatic carbocycles. The third kappa shape index (κ3) is 7.77. The Morgan fingerprint density at radius 1 is 0.889 bits per heavy atom. The molecule has 0 saturated heterocycles. The van der Waals surface area contributed by atoms with Crippen LogP contribution in [0.4, 0.5) is 4.79 Å². The summed E-state index contributed by atoms with van der Waals surface area (Å²) in [6, 6.07) is 12.1. The molecule has 0 spiro atoms. The Labute approximate surface area is 159 Å². The van der Waals surface area contributed by atoms with Gasteiger partial charge in [-0.2, -0.15) is 8.42 Å². The molecule has 0 radical (unpaired) electrons. The topological polar surface area (TPSA) is 127 Å². The highest BCUT2D eigenvalue weighted by Crippen LogP contribution is 2.10. The molecule has 1 amide bonds. The number of amides is 1. The summed E-state index contributed by atoms with van der Waals surface area (Å²) in [4.78, 5) is 11.0. The second-order valence-corrected chi connectivity index (χ2v) is 8.53. The largest absolute Gasteiger partial charge is 0.449 e. The van der Waals surface area contributed by atoms with E-state index in [0.717, 1.165) is 11.1 Å². The summed E-state index contributed by atoms with van der Waals surface area (Å²) in [7, 11) is -7.84. The highest BCUT2D eigenvalue weighted by atomic mass is 32.2. The Morgan fingerprint density at radius 3 is 1.67 bits per heavy atom. The van der Waals surface area contributed by atoms with Crippen molar-refractivity contribution in [1.82, 2.24) is 4.72 Å². The van der Waals surface area contributed by atoms with Crippen LogP contribution in [0, 0.1) is 13.8 Å². The van der Waals surface area contributed by atoms with E-state index < -0.39 is 26.2 Å². The number of aryl methyl sites for hydroxylation is 2. The van der Waals surface area contributed by atoms with Gasteiger partial charge in [-0.05, 0) is 45.0 Å². The summed E-state index contributed by atoms with van der Waals surface area (Å²) in [5.41, 5.74) is 1.90. The predicted molar refractivity (Wildman–Crippen MR) is 99.5 cm³/mol. The van der Waals surface area contributed by atoms with Crippen LogP contribution in [0.25, 0.3) is 0 Å². The predicted octanol–water partition coefficient (Wildman–Crippen LogP) is 2.67. The first-order valence-corrected chi connectivity index (χ1v) is 10.7. The van der Waals surface area contributed by atoms with E-state index in [1.54, 1.807) is 35.9 Å². The van der Waals surface area contributed by atoms with Crippen molar-refractivity contribution in [3.8, 4) is 0 Å². The minimum atomic E-state index is -4.02. The molecule has 0 heterocycles. The molecule has 8 nitrogen and oxygen atoms in total. The quantitative estimate of drug-likeness (QED) is 0.735. The molecule has 0 aliphatic rings. The molecule has 0 unspecified atom stereocenters. The molecule has 148 valence electrons. The number of ether oxygens (including phenoxy) is 1. The Bertz CT molecular complexity index is 965. The molecule has 0 atom stereocenters. The lowest BCUT2D eigenvalue weighted by Crippen LogP contribution is -2.31. The van der Waals surface area contributed by atoms with E-state index in [4.69, 9.17) is 4.55 Å². The van der Waals surface area contributed by atoms with Crippen LogP contribution in [-0.2, 0) is 24.9 Å².